The van der Waals surface area contributed by atoms with Gasteiger partial charge in [0.2, 0.25) is 5.13 Å². The number of aromatic nitrogens is 2. The van der Waals surface area contributed by atoms with Crippen molar-refractivity contribution in [1.82, 2.24) is 9.36 Å². The number of alkyl halides is 1. The molecule has 1 aliphatic heterocycles. The largest absolute Gasteiger partial charge is 0.464 e. The van der Waals surface area contributed by atoms with Crippen LogP contribution in [0.2, 0.25) is 5.02 Å². The average molecular weight is 354 g/mol. The van der Waals surface area contributed by atoms with Crippen LogP contribution in [0.3, 0.4) is 0 Å². The maximum absolute atomic E-state index is 12.3. The first kappa shape index (κ1) is 15.0. The summed E-state index contributed by atoms with van der Waals surface area (Å²) >= 11 is 12.7. The molecule has 0 spiro atoms. The van der Waals surface area contributed by atoms with Crippen LogP contribution in [0.4, 0.5) is 5.13 Å². The van der Waals surface area contributed by atoms with Crippen molar-refractivity contribution in [1.29, 1.82) is 0 Å². The SMILES string of the molecule is O=C(Nc1nc(CCl)ns1)C1=Cc2cc(Cl)ccc2OC=C1. The molecule has 5 nitrogen and oxygen atoms in total. The van der Waals surface area contributed by atoms with Crippen LogP contribution in [0.1, 0.15) is 11.4 Å². The maximum atomic E-state index is 12.3. The molecule has 0 aliphatic carbocycles. The molecule has 3 rings (SSSR count). The number of fused-ring (bicyclic) bond motifs is 1. The third-order valence-electron chi connectivity index (χ3n) is 2.80. The molecule has 1 aromatic heterocycles. The van der Waals surface area contributed by atoms with E-state index in [9.17, 15) is 4.79 Å². The number of anilines is 1. The molecule has 0 unspecified atom stereocenters. The molecule has 1 aromatic carbocycles. The zero-order valence-electron chi connectivity index (χ0n) is 11.0. The summed E-state index contributed by atoms with van der Waals surface area (Å²) < 4.78 is 9.44. The fourth-order valence-corrected chi connectivity index (χ4v) is 2.76. The summed E-state index contributed by atoms with van der Waals surface area (Å²) in [5.41, 5.74) is 1.14. The minimum absolute atomic E-state index is 0.203. The van der Waals surface area contributed by atoms with Crippen LogP contribution < -0.4 is 10.1 Å². The highest BCUT2D eigenvalue weighted by Gasteiger charge is 2.14. The van der Waals surface area contributed by atoms with E-state index >= 15 is 0 Å². The smallest absolute Gasteiger partial charge is 0.257 e. The van der Waals surface area contributed by atoms with Crippen molar-refractivity contribution >= 4 is 51.8 Å². The molecule has 0 saturated carbocycles. The van der Waals surface area contributed by atoms with Crippen molar-refractivity contribution in [3.8, 4) is 5.75 Å². The second kappa shape index (κ2) is 6.48. The Morgan fingerprint density at radius 3 is 3.05 bits per heavy atom. The Balaban J connectivity index is 1.85. The lowest BCUT2D eigenvalue weighted by molar-refractivity contribution is -0.112. The Morgan fingerprint density at radius 1 is 1.41 bits per heavy atom. The first-order valence-corrected chi connectivity index (χ1v) is 7.88. The molecule has 0 fully saturated rings. The lowest BCUT2D eigenvalue weighted by atomic mass is 10.1. The average Bonchev–Trinajstić information content (AvgIpc) is 2.85. The molecule has 0 saturated heterocycles. The third kappa shape index (κ3) is 3.30. The number of rotatable bonds is 3. The van der Waals surface area contributed by atoms with Crippen LogP contribution in [-0.4, -0.2) is 15.3 Å². The minimum Gasteiger partial charge on any atom is -0.464 e. The van der Waals surface area contributed by atoms with E-state index in [0.29, 0.717) is 27.3 Å². The predicted octanol–water partition coefficient (Wildman–Crippen LogP) is 3.86. The van der Waals surface area contributed by atoms with Gasteiger partial charge in [-0.05, 0) is 30.4 Å². The number of halogens is 2. The van der Waals surface area contributed by atoms with Crippen LogP contribution in [-0.2, 0) is 10.7 Å². The first-order chi connectivity index (χ1) is 10.7. The third-order valence-corrected chi connectivity index (χ3v) is 3.94. The molecule has 2 heterocycles. The zero-order chi connectivity index (χ0) is 15.5. The molecule has 2 aromatic rings. The van der Waals surface area contributed by atoms with Gasteiger partial charge in [0.05, 0.1) is 12.1 Å². The van der Waals surface area contributed by atoms with Crippen LogP contribution in [0.25, 0.3) is 6.08 Å². The van der Waals surface area contributed by atoms with Gasteiger partial charge in [0.25, 0.3) is 5.91 Å². The second-order valence-electron chi connectivity index (χ2n) is 4.31. The van der Waals surface area contributed by atoms with Crippen molar-refractivity contribution in [3.05, 3.63) is 52.5 Å². The van der Waals surface area contributed by atoms with Gasteiger partial charge in [0.15, 0.2) is 5.82 Å². The van der Waals surface area contributed by atoms with Gasteiger partial charge in [0, 0.05) is 27.7 Å². The fourth-order valence-electron chi connectivity index (χ4n) is 1.81. The Morgan fingerprint density at radius 2 is 2.27 bits per heavy atom. The van der Waals surface area contributed by atoms with E-state index in [0.717, 1.165) is 17.1 Å². The van der Waals surface area contributed by atoms with Crippen LogP contribution in [0.5, 0.6) is 5.75 Å². The van der Waals surface area contributed by atoms with E-state index in [1.54, 1.807) is 30.4 Å². The quantitative estimate of drug-likeness (QED) is 0.851. The number of hydrogen-bond donors (Lipinski definition) is 1. The highest BCUT2D eigenvalue weighted by molar-refractivity contribution is 7.09. The number of carbonyl (C=O) groups is 1. The molecule has 1 amide bonds. The van der Waals surface area contributed by atoms with Crippen molar-refractivity contribution in [2.24, 2.45) is 0 Å². The molecule has 0 atom stereocenters. The number of benzene rings is 1. The Kier molecular flexibility index (Phi) is 4.42. The normalized spacial score (nSPS) is 12.9. The molecule has 1 aliphatic rings. The molecule has 112 valence electrons. The van der Waals surface area contributed by atoms with Gasteiger partial charge < -0.3 is 4.74 Å². The zero-order valence-corrected chi connectivity index (χ0v) is 13.4. The standard InChI is InChI=1S/C14H9Cl2N3O2S/c15-7-12-17-14(22-19-12)18-13(20)8-3-4-21-11-2-1-10(16)6-9(11)5-8/h1-6H,7H2,(H,17,18,19,20). The number of hydrogen-bond acceptors (Lipinski definition) is 5. The van der Waals surface area contributed by atoms with Crippen molar-refractivity contribution in [2.75, 3.05) is 5.32 Å². The first-order valence-electron chi connectivity index (χ1n) is 6.20. The lowest BCUT2D eigenvalue weighted by Crippen LogP contribution is -2.13. The second-order valence-corrected chi connectivity index (χ2v) is 5.76. The number of ether oxygens (including phenoxy) is 1. The van der Waals surface area contributed by atoms with Crippen molar-refractivity contribution in [2.45, 2.75) is 5.88 Å². The van der Waals surface area contributed by atoms with E-state index in [1.807, 2.05) is 0 Å². The number of carbonyl (C=O) groups excluding carboxylic acids is 1. The van der Waals surface area contributed by atoms with Crippen LogP contribution in [0, 0.1) is 0 Å². The summed E-state index contributed by atoms with van der Waals surface area (Å²) in [6, 6.07) is 5.20. The summed E-state index contributed by atoms with van der Waals surface area (Å²) in [6.07, 6.45) is 4.73. The molecule has 1 N–H and O–H groups in total. The Bertz CT molecular complexity index is 786. The molecular formula is C14H9Cl2N3O2S. The van der Waals surface area contributed by atoms with Gasteiger partial charge in [-0.15, -0.1) is 11.6 Å². The van der Waals surface area contributed by atoms with Gasteiger partial charge in [0.1, 0.15) is 5.75 Å². The summed E-state index contributed by atoms with van der Waals surface area (Å²) in [5, 5.41) is 3.64. The fraction of sp³-hybridized carbons (Fsp3) is 0.0714. The Hall–Kier alpha value is -1.89. The molecule has 0 bridgehead atoms. The van der Waals surface area contributed by atoms with E-state index in [2.05, 4.69) is 14.7 Å². The van der Waals surface area contributed by atoms with E-state index in [-0.39, 0.29) is 11.8 Å². The maximum Gasteiger partial charge on any atom is 0.257 e. The van der Waals surface area contributed by atoms with E-state index < -0.39 is 0 Å². The monoisotopic (exact) mass is 353 g/mol. The summed E-state index contributed by atoms with van der Waals surface area (Å²) in [6.45, 7) is 0. The summed E-state index contributed by atoms with van der Waals surface area (Å²) in [7, 11) is 0. The molecule has 8 heteroatoms. The number of nitrogens with one attached hydrogen (secondary N) is 1. The Labute approximate surface area is 140 Å². The van der Waals surface area contributed by atoms with Crippen molar-refractivity contribution in [3.63, 3.8) is 0 Å². The van der Waals surface area contributed by atoms with Gasteiger partial charge in [-0.2, -0.15) is 4.37 Å². The molecule has 22 heavy (non-hydrogen) atoms. The van der Waals surface area contributed by atoms with Crippen LogP contribution in [0.15, 0.2) is 36.1 Å². The van der Waals surface area contributed by atoms with Gasteiger partial charge in [-0.1, -0.05) is 11.6 Å². The summed E-state index contributed by atoms with van der Waals surface area (Å²) in [5.74, 6) is 0.996. The summed E-state index contributed by atoms with van der Waals surface area (Å²) in [4.78, 5) is 16.4. The number of nitrogens with zero attached hydrogens (tertiary/aromatic N) is 2. The van der Waals surface area contributed by atoms with Gasteiger partial charge in [-0.25, -0.2) is 4.98 Å². The van der Waals surface area contributed by atoms with E-state index in [1.165, 1.54) is 6.26 Å². The van der Waals surface area contributed by atoms with Crippen LogP contribution >= 0.6 is 34.7 Å². The lowest BCUT2D eigenvalue weighted by Gasteiger charge is -2.03. The molecule has 0 radical (unpaired) electrons. The van der Waals surface area contributed by atoms with Gasteiger partial charge in [-0.3, -0.25) is 10.1 Å². The highest BCUT2D eigenvalue weighted by Crippen LogP contribution is 2.28. The van der Waals surface area contributed by atoms with Crippen molar-refractivity contribution < 1.29 is 9.53 Å². The van der Waals surface area contributed by atoms with E-state index in [4.69, 9.17) is 27.9 Å². The predicted molar refractivity (Wildman–Crippen MR) is 87.3 cm³/mol. The minimum atomic E-state index is -0.315. The highest BCUT2D eigenvalue weighted by atomic mass is 35.5. The van der Waals surface area contributed by atoms with Gasteiger partial charge >= 0.3 is 0 Å². The topological polar surface area (TPSA) is 64.1 Å². The molecular weight excluding hydrogens is 345 g/mol. The number of amides is 1.